The molecule has 1 saturated carbocycles. The summed E-state index contributed by atoms with van der Waals surface area (Å²) in [6.07, 6.45) is 2.64. The van der Waals surface area contributed by atoms with E-state index in [-0.39, 0.29) is 11.7 Å². The molecule has 1 aromatic rings. The van der Waals surface area contributed by atoms with Gasteiger partial charge in [-0.25, -0.2) is 17.2 Å². The Kier molecular flexibility index (Phi) is 4.18. The highest BCUT2D eigenvalue weighted by molar-refractivity contribution is 7.92. The molecule has 0 heterocycles. The van der Waals surface area contributed by atoms with Crippen LogP contribution in [-0.2, 0) is 14.8 Å². The lowest BCUT2D eigenvalue weighted by molar-refractivity contribution is -0.121. The van der Waals surface area contributed by atoms with E-state index in [0.717, 1.165) is 41.6 Å². The Bertz CT molecular complexity index is 659. The molecule has 1 amide bonds. The third kappa shape index (κ3) is 3.69. The van der Waals surface area contributed by atoms with Crippen molar-refractivity contribution < 1.29 is 22.0 Å². The van der Waals surface area contributed by atoms with Crippen LogP contribution < -0.4 is 9.62 Å². The predicted octanol–water partition coefficient (Wildman–Crippen LogP) is 1.40. The predicted molar refractivity (Wildman–Crippen MR) is 74.3 cm³/mol. The van der Waals surface area contributed by atoms with E-state index in [4.69, 9.17) is 0 Å². The zero-order chi connectivity index (χ0) is 15.8. The number of nitrogens with one attached hydrogen (secondary N) is 1. The first kappa shape index (κ1) is 15.7. The van der Waals surface area contributed by atoms with Gasteiger partial charge in [0.25, 0.3) is 0 Å². The number of hydrogen-bond acceptors (Lipinski definition) is 3. The molecular formula is C13H16F2N2O3S. The molecule has 1 atom stereocenters. The number of benzene rings is 1. The molecule has 0 aliphatic heterocycles. The number of amides is 1. The second kappa shape index (κ2) is 5.59. The zero-order valence-electron chi connectivity index (χ0n) is 11.6. The van der Waals surface area contributed by atoms with Crippen LogP contribution in [0, 0.1) is 11.6 Å². The van der Waals surface area contributed by atoms with Gasteiger partial charge in [0.05, 0.1) is 11.9 Å². The van der Waals surface area contributed by atoms with Gasteiger partial charge in [0.1, 0.15) is 6.04 Å². The first-order valence-electron chi connectivity index (χ1n) is 6.45. The van der Waals surface area contributed by atoms with E-state index < -0.39 is 33.6 Å². The van der Waals surface area contributed by atoms with Gasteiger partial charge in [-0.2, -0.15) is 0 Å². The first-order valence-corrected chi connectivity index (χ1v) is 8.30. The van der Waals surface area contributed by atoms with Gasteiger partial charge in [-0.1, -0.05) is 0 Å². The molecule has 1 aromatic carbocycles. The van der Waals surface area contributed by atoms with Crippen LogP contribution in [0.15, 0.2) is 18.2 Å². The topological polar surface area (TPSA) is 66.5 Å². The molecule has 0 unspecified atom stereocenters. The van der Waals surface area contributed by atoms with Crippen molar-refractivity contribution in [2.24, 2.45) is 0 Å². The Labute approximate surface area is 122 Å². The summed E-state index contributed by atoms with van der Waals surface area (Å²) in [6.45, 7) is 1.40. The molecule has 1 fully saturated rings. The highest BCUT2D eigenvalue weighted by Crippen LogP contribution is 2.24. The smallest absolute Gasteiger partial charge is 0.243 e. The number of nitrogens with zero attached hydrogens (tertiary/aromatic N) is 1. The Morgan fingerprint density at radius 2 is 1.95 bits per heavy atom. The minimum Gasteiger partial charge on any atom is -0.352 e. The Balaban J connectivity index is 2.33. The molecule has 1 aliphatic carbocycles. The quantitative estimate of drug-likeness (QED) is 0.892. The van der Waals surface area contributed by atoms with Crippen LogP contribution >= 0.6 is 0 Å². The lowest BCUT2D eigenvalue weighted by Gasteiger charge is -2.28. The maximum absolute atomic E-state index is 13.3. The number of halogens is 2. The van der Waals surface area contributed by atoms with Gasteiger partial charge in [0, 0.05) is 12.1 Å². The van der Waals surface area contributed by atoms with Crippen molar-refractivity contribution in [1.82, 2.24) is 5.32 Å². The van der Waals surface area contributed by atoms with Crippen molar-refractivity contribution in [3.05, 3.63) is 29.8 Å². The fourth-order valence-electron chi connectivity index (χ4n) is 1.98. The molecule has 0 spiro atoms. The lowest BCUT2D eigenvalue weighted by Crippen LogP contribution is -2.48. The van der Waals surface area contributed by atoms with E-state index >= 15 is 0 Å². The van der Waals surface area contributed by atoms with Gasteiger partial charge >= 0.3 is 0 Å². The summed E-state index contributed by atoms with van der Waals surface area (Å²) >= 11 is 0. The minimum atomic E-state index is -3.82. The number of rotatable bonds is 5. The number of carbonyl (C=O) groups excluding carboxylic acids is 1. The summed E-state index contributed by atoms with van der Waals surface area (Å²) in [7, 11) is -3.82. The average molecular weight is 318 g/mol. The Morgan fingerprint density at radius 3 is 2.43 bits per heavy atom. The Morgan fingerprint density at radius 1 is 1.33 bits per heavy atom. The van der Waals surface area contributed by atoms with E-state index in [1.54, 1.807) is 0 Å². The van der Waals surface area contributed by atoms with Crippen molar-refractivity contribution in [1.29, 1.82) is 0 Å². The van der Waals surface area contributed by atoms with Crippen molar-refractivity contribution in [2.75, 3.05) is 10.6 Å². The molecule has 0 radical (unpaired) electrons. The van der Waals surface area contributed by atoms with Crippen LogP contribution in [-0.4, -0.2) is 32.7 Å². The second-order valence-electron chi connectivity index (χ2n) is 5.12. The van der Waals surface area contributed by atoms with E-state index in [9.17, 15) is 22.0 Å². The fourth-order valence-corrected chi connectivity index (χ4v) is 3.15. The van der Waals surface area contributed by atoms with E-state index in [1.807, 2.05) is 0 Å². The normalized spacial score (nSPS) is 16.4. The van der Waals surface area contributed by atoms with Gasteiger partial charge < -0.3 is 5.32 Å². The van der Waals surface area contributed by atoms with E-state index in [1.165, 1.54) is 6.92 Å². The van der Waals surface area contributed by atoms with Crippen LogP contribution in [0.25, 0.3) is 0 Å². The molecule has 116 valence electrons. The van der Waals surface area contributed by atoms with Gasteiger partial charge in [0.2, 0.25) is 15.9 Å². The molecule has 5 nitrogen and oxygen atoms in total. The summed E-state index contributed by atoms with van der Waals surface area (Å²) in [5, 5.41) is 2.69. The number of hydrogen-bond donors (Lipinski definition) is 1. The van der Waals surface area contributed by atoms with Gasteiger partial charge in [-0.05, 0) is 31.9 Å². The highest BCUT2D eigenvalue weighted by Gasteiger charge is 2.32. The molecule has 0 aromatic heterocycles. The SMILES string of the molecule is C[C@H](C(=O)NC1CC1)N(c1ccc(F)c(F)c1)S(C)(=O)=O. The zero-order valence-corrected chi connectivity index (χ0v) is 12.5. The molecule has 0 saturated heterocycles. The van der Waals surface area contributed by atoms with Crippen molar-refractivity contribution >= 4 is 21.6 Å². The largest absolute Gasteiger partial charge is 0.352 e. The Hall–Kier alpha value is -1.70. The third-order valence-electron chi connectivity index (χ3n) is 3.17. The molecule has 21 heavy (non-hydrogen) atoms. The lowest BCUT2D eigenvalue weighted by atomic mass is 10.2. The van der Waals surface area contributed by atoms with Crippen LogP contribution in [0.1, 0.15) is 19.8 Å². The fraction of sp³-hybridized carbons (Fsp3) is 0.462. The monoisotopic (exact) mass is 318 g/mol. The molecule has 1 aliphatic rings. The maximum Gasteiger partial charge on any atom is 0.243 e. The molecule has 8 heteroatoms. The number of carbonyl (C=O) groups is 1. The minimum absolute atomic E-state index is 0.0753. The van der Waals surface area contributed by atoms with Gasteiger partial charge in [-0.15, -0.1) is 0 Å². The van der Waals surface area contributed by atoms with Crippen LogP contribution in [0.2, 0.25) is 0 Å². The summed E-state index contributed by atoms with van der Waals surface area (Å²) < 4.78 is 50.9. The molecule has 0 bridgehead atoms. The van der Waals surface area contributed by atoms with Gasteiger partial charge in [0.15, 0.2) is 11.6 Å². The van der Waals surface area contributed by atoms with Crippen molar-refractivity contribution in [3.63, 3.8) is 0 Å². The number of anilines is 1. The van der Waals surface area contributed by atoms with Crippen LogP contribution in [0.4, 0.5) is 14.5 Å². The second-order valence-corrected chi connectivity index (χ2v) is 6.98. The standard InChI is InChI=1S/C13H16F2N2O3S/c1-8(13(18)16-9-3-4-9)17(21(2,19)20)10-5-6-11(14)12(15)7-10/h5-9H,3-4H2,1-2H3,(H,16,18)/t8-/m1/s1. The van der Waals surface area contributed by atoms with Gasteiger partial charge in [-0.3, -0.25) is 9.10 Å². The molecule has 2 rings (SSSR count). The van der Waals surface area contributed by atoms with Crippen molar-refractivity contribution in [2.45, 2.75) is 31.8 Å². The summed E-state index contributed by atoms with van der Waals surface area (Å²) in [4.78, 5) is 12.0. The van der Waals surface area contributed by atoms with Crippen LogP contribution in [0.5, 0.6) is 0 Å². The first-order chi connectivity index (χ1) is 9.70. The van der Waals surface area contributed by atoms with Crippen LogP contribution in [0.3, 0.4) is 0 Å². The maximum atomic E-state index is 13.3. The number of sulfonamides is 1. The molecular weight excluding hydrogens is 302 g/mol. The van der Waals surface area contributed by atoms with E-state index in [2.05, 4.69) is 5.32 Å². The summed E-state index contributed by atoms with van der Waals surface area (Å²) in [5.41, 5.74) is -0.0881. The third-order valence-corrected chi connectivity index (χ3v) is 4.41. The molecule has 1 N–H and O–H groups in total. The summed E-state index contributed by atoms with van der Waals surface area (Å²) in [6, 6.07) is 1.74. The summed E-state index contributed by atoms with van der Waals surface area (Å²) in [5.74, 6) is -2.72. The average Bonchev–Trinajstić information content (AvgIpc) is 3.16. The van der Waals surface area contributed by atoms with Crippen molar-refractivity contribution in [3.8, 4) is 0 Å². The highest BCUT2D eigenvalue weighted by atomic mass is 32.2. The van der Waals surface area contributed by atoms with E-state index in [0.29, 0.717) is 0 Å².